The van der Waals surface area contributed by atoms with E-state index in [0.717, 1.165) is 23.4 Å². The Balaban J connectivity index is 1.69. The number of hydrogen-bond donors (Lipinski definition) is 2. The number of nitrogens with one attached hydrogen (secondary N) is 2. The predicted molar refractivity (Wildman–Crippen MR) is 98.5 cm³/mol. The molecule has 1 aliphatic carbocycles. The molecule has 1 heterocycles. The molecule has 1 aromatic carbocycles. The highest BCUT2D eigenvalue weighted by atomic mass is 16.1. The molecule has 0 spiro atoms. The smallest absolute Gasteiger partial charge is 0.274 e. The van der Waals surface area contributed by atoms with Gasteiger partial charge in [0.05, 0.1) is 0 Å². The molecule has 0 atom stereocenters. The van der Waals surface area contributed by atoms with Crippen LogP contribution in [0.4, 0.5) is 11.4 Å². The number of hydrogen-bond acceptors (Lipinski definition) is 3. The number of anilines is 2. The molecule has 0 saturated heterocycles. The second-order valence-corrected chi connectivity index (χ2v) is 6.37. The summed E-state index contributed by atoms with van der Waals surface area (Å²) in [6, 6.07) is 12.2. The molecule has 0 radical (unpaired) electrons. The molecule has 3 rings (SSSR count). The van der Waals surface area contributed by atoms with Crippen molar-refractivity contribution in [2.75, 3.05) is 10.6 Å². The lowest BCUT2D eigenvalue weighted by Crippen LogP contribution is -2.22. The molecule has 1 amide bonds. The van der Waals surface area contributed by atoms with Gasteiger partial charge in [0.15, 0.2) is 0 Å². The van der Waals surface area contributed by atoms with E-state index >= 15 is 0 Å². The van der Waals surface area contributed by atoms with Gasteiger partial charge in [-0.2, -0.15) is 0 Å². The maximum atomic E-state index is 12.5. The van der Waals surface area contributed by atoms with E-state index in [1.807, 2.05) is 36.4 Å². The second-order valence-electron chi connectivity index (χ2n) is 6.37. The van der Waals surface area contributed by atoms with Crippen LogP contribution in [0.1, 0.15) is 55.1 Å². The Labute approximate surface area is 143 Å². The number of para-hydroxylation sites is 1. The first-order valence-corrected chi connectivity index (χ1v) is 8.88. The first-order valence-electron chi connectivity index (χ1n) is 8.88. The SMILES string of the molecule is CCc1ccccc1NC(=O)c1cc(NC2CCCCC2)ccn1. The Bertz CT molecular complexity index is 693. The average molecular weight is 323 g/mol. The molecular weight excluding hydrogens is 298 g/mol. The van der Waals surface area contributed by atoms with Crippen molar-refractivity contribution < 1.29 is 4.79 Å². The van der Waals surface area contributed by atoms with Gasteiger partial charge in [-0.3, -0.25) is 9.78 Å². The number of benzene rings is 1. The van der Waals surface area contributed by atoms with Crippen molar-refractivity contribution in [2.24, 2.45) is 0 Å². The molecular formula is C20H25N3O. The zero-order valence-electron chi connectivity index (χ0n) is 14.2. The third kappa shape index (κ3) is 4.13. The fourth-order valence-electron chi connectivity index (χ4n) is 3.26. The van der Waals surface area contributed by atoms with Gasteiger partial charge in [0.2, 0.25) is 0 Å². The Hall–Kier alpha value is -2.36. The number of rotatable bonds is 5. The summed E-state index contributed by atoms with van der Waals surface area (Å²) in [5.74, 6) is -0.164. The lowest BCUT2D eigenvalue weighted by Gasteiger charge is -2.23. The van der Waals surface area contributed by atoms with Gasteiger partial charge < -0.3 is 10.6 Å². The van der Waals surface area contributed by atoms with Crippen LogP contribution in [-0.2, 0) is 6.42 Å². The minimum Gasteiger partial charge on any atom is -0.382 e. The average Bonchev–Trinajstić information content (AvgIpc) is 2.63. The van der Waals surface area contributed by atoms with Crippen molar-refractivity contribution in [1.82, 2.24) is 4.98 Å². The number of pyridine rings is 1. The summed E-state index contributed by atoms with van der Waals surface area (Å²) in [7, 11) is 0. The number of nitrogens with zero attached hydrogens (tertiary/aromatic N) is 1. The molecule has 1 saturated carbocycles. The van der Waals surface area contributed by atoms with Crippen molar-refractivity contribution in [3.8, 4) is 0 Å². The number of aromatic nitrogens is 1. The maximum Gasteiger partial charge on any atom is 0.274 e. The van der Waals surface area contributed by atoms with Crippen LogP contribution in [0.2, 0.25) is 0 Å². The van der Waals surface area contributed by atoms with Crippen molar-refractivity contribution in [3.63, 3.8) is 0 Å². The van der Waals surface area contributed by atoms with Crippen LogP contribution in [0.25, 0.3) is 0 Å². The standard InChI is InChI=1S/C20H25N3O/c1-2-15-8-6-7-11-18(15)23-20(24)19-14-17(12-13-21-19)22-16-9-4-3-5-10-16/h6-8,11-14,16H,2-5,9-10H2,1H3,(H,21,22)(H,23,24). The summed E-state index contributed by atoms with van der Waals surface area (Å²) in [6.07, 6.45) is 8.88. The van der Waals surface area contributed by atoms with Crippen molar-refractivity contribution >= 4 is 17.3 Å². The molecule has 126 valence electrons. The number of amides is 1. The minimum absolute atomic E-state index is 0.164. The molecule has 0 unspecified atom stereocenters. The van der Waals surface area contributed by atoms with E-state index in [4.69, 9.17) is 0 Å². The monoisotopic (exact) mass is 323 g/mol. The van der Waals surface area contributed by atoms with Gasteiger partial charge in [0.1, 0.15) is 5.69 Å². The van der Waals surface area contributed by atoms with E-state index in [-0.39, 0.29) is 5.91 Å². The number of carbonyl (C=O) groups is 1. The highest BCUT2D eigenvalue weighted by Crippen LogP contribution is 2.22. The predicted octanol–water partition coefficient (Wildman–Crippen LogP) is 4.64. The Kier molecular flexibility index (Phi) is 5.47. The van der Waals surface area contributed by atoms with Crippen LogP contribution < -0.4 is 10.6 Å². The lowest BCUT2D eigenvalue weighted by atomic mass is 9.95. The van der Waals surface area contributed by atoms with Gasteiger partial charge in [0.25, 0.3) is 5.91 Å². The first-order chi connectivity index (χ1) is 11.8. The van der Waals surface area contributed by atoms with E-state index in [1.165, 1.54) is 32.1 Å². The normalized spacial score (nSPS) is 15.0. The van der Waals surface area contributed by atoms with Crippen LogP contribution in [0.3, 0.4) is 0 Å². The molecule has 2 aromatic rings. The quantitative estimate of drug-likeness (QED) is 0.842. The van der Waals surface area contributed by atoms with Crippen LogP contribution in [0.15, 0.2) is 42.6 Å². The summed E-state index contributed by atoms with van der Waals surface area (Å²) in [5.41, 5.74) is 3.41. The minimum atomic E-state index is -0.164. The summed E-state index contributed by atoms with van der Waals surface area (Å²) >= 11 is 0. The molecule has 4 nitrogen and oxygen atoms in total. The highest BCUT2D eigenvalue weighted by molar-refractivity contribution is 6.03. The third-order valence-corrected chi connectivity index (χ3v) is 4.62. The first kappa shape index (κ1) is 16.5. The highest BCUT2D eigenvalue weighted by Gasteiger charge is 2.15. The van der Waals surface area contributed by atoms with Crippen molar-refractivity contribution in [2.45, 2.75) is 51.5 Å². The zero-order valence-corrected chi connectivity index (χ0v) is 14.2. The Morgan fingerprint density at radius 2 is 1.96 bits per heavy atom. The van der Waals surface area contributed by atoms with E-state index < -0.39 is 0 Å². The Morgan fingerprint density at radius 1 is 1.17 bits per heavy atom. The Morgan fingerprint density at radius 3 is 2.75 bits per heavy atom. The number of aryl methyl sites for hydroxylation is 1. The lowest BCUT2D eigenvalue weighted by molar-refractivity contribution is 0.102. The molecule has 1 aliphatic rings. The summed E-state index contributed by atoms with van der Waals surface area (Å²) in [4.78, 5) is 16.8. The van der Waals surface area contributed by atoms with Gasteiger partial charge in [0, 0.05) is 23.6 Å². The topological polar surface area (TPSA) is 54.0 Å². The van der Waals surface area contributed by atoms with Gasteiger partial charge in [-0.1, -0.05) is 44.4 Å². The van der Waals surface area contributed by atoms with Crippen LogP contribution >= 0.6 is 0 Å². The molecule has 2 N–H and O–H groups in total. The van der Waals surface area contributed by atoms with Crippen molar-refractivity contribution in [3.05, 3.63) is 53.9 Å². The van der Waals surface area contributed by atoms with E-state index in [2.05, 4.69) is 22.5 Å². The van der Waals surface area contributed by atoms with Gasteiger partial charge in [-0.05, 0) is 43.0 Å². The third-order valence-electron chi connectivity index (χ3n) is 4.62. The fraction of sp³-hybridized carbons (Fsp3) is 0.400. The summed E-state index contributed by atoms with van der Waals surface area (Å²) in [6.45, 7) is 2.08. The maximum absolute atomic E-state index is 12.5. The molecule has 1 fully saturated rings. The molecule has 0 aliphatic heterocycles. The largest absolute Gasteiger partial charge is 0.382 e. The van der Waals surface area contributed by atoms with E-state index in [1.54, 1.807) is 6.20 Å². The number of carbonyl (C=O) groups excluding carboxylic acids is 1. The molecule has 24 heavy (non-hydrogen) atoms. The van der Waals surface area contributed by atoms with Gasteiger partial charge in [-0.25, -0.2) is 0 Å². The van der Waals surface area contributed by atoms with E-state index in [0.29, 0.717) is 11.7 Å². The van der Waals surface area contributed by atoms with Crippen LogP contribution in [0, 0.1) is 0 Å². The summed E-state index contributed by atoms with van der Waals surface area (Å²) in [5, 5.41) is 6.52. The van der Waals surface area contributed by atoms with Crippen LogP contribution in [-0.4, -0.2) is 16.9 Å². The van der Waals surface area contributed by atoms with Crippen LogP contribution in [0.5, 0.6) is 0 Å². The fourth-order valence-corrected chi connectivity index (χ4v) is 3.26. The van der Waals surface area contributed by atoms with Crippen molar-refractivity contribution in [1.29, 1.82) is 0 Å². The molecule has 4 heteroatoms. The zero-order chi connectivity index (χ0) is 16.8. The molecule has 1 aromatic heterocycles. The second kappa shape index (κ2) is 7.95. The summed E-state index contributed by atoms with van der Waals surface area (Å²) < 4.78 is 0. The molecule has 0 bridgehead atoms. The van der Waals surface area contributed by atoms with Gasteiger partial charge >= 0.3 is 0 Å². The van der Waals surface area contributed by atoms with E-state index in [9.17, 15) is 4.79 Å². The van der Waals surface area contributed by atoms with Gasteiger partial charge in [-0.15, -0.1) is 0 Å².